The predicted octanol–water partition coefficient (Wildman–Crippen LogP) is -1.01. The zero-order valence-corrected chi connectivity index (χ0v) is 11.4. The molecule has 3 amide bonds. The number of aliphatic carboxylic acids is 1. The van der Waals surface area contributed by atoms with Crippen molar-refractivity contribution in [3.63, 3.8) is 0 Å². The predicted molar refractivity (Wildman–Crippen MR) is 67.6 cm³/mol. The molecule has 0 saturated carbocycles. The molecule has 19 heavy (non-hydrogen) atoms. The Morgan fingerprint density at radius 1 is 1.26 bits per heavy atom. The first-order chi connectivity index (χ1) is 8.68. The van der Waals surface area contributed by atoms with Crippen molar-refractivity contribution < 1.29 is 24.6 Å². The molecule has 0 aliphatic heterocycles. The van der Waals surface area contributed by atoms with E-state index in [1.165, 1.54) is 11.8 Å². The molecule has 110 valence electrons. The van der Waals surface area contributed by atoms with Gasteiger partial charge in [-0.1, -0.05) is 0 Å². The molecule has 0 aromatic carbocycles. The van der Waals surface area contributed by atoms with Gasteiger partial charge in [0.15, 0.2) is 0 Å². The fourth-order valence-corrected chi connectivity index (χ4v) is 1.19. The summed E-state index contributed by atoms with van der Waals surface area (Å²) in [5.74, 6) is -1.40. The van der Waals surface area contributed by atoms with Gasteiger partial charge in [-0.2, -0.15) is 0 Å². The number of carbonyl (C=O) groups is 3. The van der Waals surface area contributed by atoms with Crippen LogP contribution in [-0.4, -0.2) is 65.3 Å². The lowest BCUT2D eigenvalue weighted by molar-refractivity contribution is -0.141. The molecule has 0 aromatic rings. The maximum Gasteiger partial charge on any atom is 0.315 e. The van der Waals surface area contributed by atoms with Crippen LogP contribution in [0.3, 0.4) is 0 Å². The van der Waals surface area contributed by atoms with Crippen LogP contribution in [0.2, 0.25) is 0 Å². The highest BCUT2D eigenvalue weighted by Gasteiger charge is 2.24. The number of urea groups is 1. The number of nitrogens with one attached hydrogen (secondary N) is 2. The Labute approximate surface area is 111 Å². The van der Waals surface area contributed by atoms with Crippen molar-refractivity contribution >= 4 is 17.9 Å². The first-order valence-electron chi connectivity index (χ1n) is 5.88. The Hall–Kier alpha value is -1.83. The number of hydrogen-bond acceptors (Lipinski definition) is 4. The van der Waals surface area contributed by atoms with Gasteiger partial charge < -0.3 is 25.7 Å². The van der Waals surface area contributed by atoms with Crippen LogP contribution < -0.4 is 10.6 Å². The maximum atomic E-state index is 11.4. The first-order valence-corrected chi connectivity index (χ1v) is 5.88. The van der Waals surface area contributed by atoms with Crippen molar-refractivity contribution in [1.29, 1.82) is 0 Å². The summed E-state index contributed by atoms with van der Waals surface area (Å²) in [6, 6.07) is -0.636. The molecule has 0 aliphatic rings. The second-order valence-electron chi connectivity index (χ2n) is 4.51. The van der Waals surface area contributed by atoms with Crippen LogP contribution in [0.4, 0.5) is 4.79 Å². The highest BCUT2D eigenvalue weighted by atomic mass is 16.4. The monoisotopic (exact) mass is 275 g/mol. The van der Waals surface area contributed by atoms with E-state index < -0.39 is 24.0 Å². The van der Waals surface area contributed by atoms with Gasteiger partial charge in [0.1, 0.15) is 0 Å². The van der Waals surface area contributed by atoms with Crippen LogP contribution in [0.5, 0.6) is 0 Å². The van der Waals surface area contributed by atoms with E-state index in [-0.39, 0.29) is 19.0 Å². The number of carboxylic acid groups (broad SMARTS) is 1. The van der Waals surface area contributed by atoms with Crippen molar-refractivity contribution in [3.8, 4) is 0 Å². The van der Waals surface area contributed by atoms with Gasteiger partial charge in [-0.05, 0) is 13.8 Å². The van der Waals surface area contributed by atoms with E-state index in [4.69, 9.17) is 5.11 Å². The van der Waals surface area contributed by atoms with Crippen LogP contribution in [0, 0.1) is 0 Å². The molecular weight excluding hydrogens is 254 g/mol. The van der Waals surface area contributed by atoms with Crippen LogP contribution >= 0.6 is 0 Å². The fraction of sp³-hybridized carbons (Fsp3) is 0.727. The quantitative estimate of drug-likeness (QED) is 0.474. The minimum Gasteiger partial charge on any atom is -0.481 e. The van der Waals surface area contributed by atoms with E-state index in [0.717, 1.165) is 0 Å². The van der Waals surface area contributed by atoms with E-state index in [1.54, 1.807) is 14.0 Å². The molecule has 8 heteroatoms. The Morgan fingerprint density at radius 2 is 1.84 bits per heavy atom. The lowest BCUT2D eigenvalue weighted by Crippen LogP contribution is -2.48. The molecule has 0 spiro atoms. The minimum atomic E-state index is -1.53. The molecule has 0 rings (SSSR count). The molecule has 0 aromatic heterocycles. The van der Waals surface area contributed by atoms with E-state index >= 15 is 0 Å². The summed E-state index contributed by atoms with van der Waals surface area (Å²) in [6.45, 7) is 3.27. The standard InChI is InChI=1S/C11H21N3O5/c1-4-14(3)8(15)6-12-10(18)13-7-11(2,19)5-9(16)17/h19H,4-7H2,1-3H3,(H,16,17)(H2,12,13,18). The van der Waals surface area contributed by atoms with Crippen molar-refractivity contribution in [2.75, 3.05) is 26.7 Å². The maximum absolute atomic E-state index is 11.4. The smallest absolute Gasteiger partial charge is 0.315 e. The van der Waals surface area contributed by atoms with Crippen molar-refractivity contribution in [2.45, 2.75) is 25.9 Å². The molecule has 0 saturated heterocycles. The first kappa shape index (κ1) is 17.2. The average Bonchev–Trinajstić information content (AvgIpc) is 2.30. The van der Waals surface area contributed by atoms with Crippen LogP contribution in [0.1, 0.15) is 20.3 Å². The summed E-state index contributed by atoms with van der Waals surface area (Å²) in [6.07, 6.45) is -0.481. The zero-order chi connectivity index (χ0) is 15.1. The summed E-state index contributed by atoms with van der Waals surface area (Å²) in [5.41, 5.74) is -1.53. The van der Waals surface area contributed by atoms with Gasteiger partial charge >= 0.3 is 12.0 Å². The lowest BCUT2D eigenvalue weighted by Gasteiger charge is -2.21. The number of carbonyl (C=O) groups excluding carboxylic acids is 2. The fourth-order valence-electron chi connectivity index (χ4n) is 1.19. The summed E-state index contributed by atoms with van der Waals surface area (Å²) in [5, 5.41) is 22.8. The van der Waals surface area contributed by atoms with Gasteiger partial charge in [-0.15, -0.1) is 0 Å². The second-order valence-corrected chi connectivity index (χ2v) is 4.51. The van der Waals surface area contributed by atoms with Gasteiger partial charge in [0.25, 0.3) is 0 Å². The van der Waals surface area contributed by atoms with Crippen molar-refractivity contribution in [2.24, 2.45) is 0 Å². The molecule has 8 nitrogen and oxygen atoms in total. The second kappa shape index (κ2) is 7.57. The zero-order valence-electron chi connectivity index (χ0n) is 11.4. The summed E-state index contributed by atoms with van der Waals surface area (Å²) in [7, 11) is 1.61. The largest absolute Gasteiger partial charge is 0.481 e. The lowest BCUT2D eigenvalue weighted by atomic mass is 10.0. The topological polar surface area (TPSA) is 119 Å². The molecule has 4 N–H and O–H groups in total. The summed E-state index contributed by atoms with van der Waals surface area (Å²) in [4.78, 5) is 34.6. The Balaban J connectivity index is 4.00. The number of carboxylic acids is 1. The Kier molecular flexibility index (Phi) is 6.84. The average molecular weight is 275 g/mol. The Bertz CT molecular complexity index is 343. The molecule has 0 fully saturated rings. The van der Waals surface area contributed by atoms with Crippen LogP contribution in [0.15, 0.2) is 0 Å². The Morgan fingerprint density at radius 3 is 2.32 bits per heavy atom. The van der Waals surface area contributed by atoms with Gasteiger partial charge in [-0.25, -0.2) is 4.79 Å². The van der Waals surface area contributed by atoms with Crippen molar-refractivity contribution in [3.05, 3.63) is 0 Å². The van der Waals surface area contributed by atoms with E-state index in [9.17, 15) is 19.5 Å². The molecule has 0 aliphatic carbocycles. The SMILES string of the molecule is CCN(C)C(=O)CNC(=O)NCC(C)(O)CC(=O)O. The highest BCUT2D eigenvalue weighted by molar-refractivity contribution is 5.83. The number of aliphatic hydroxyl groups is 1. The molecular formula is C11H21N3O5. The molecule has 0 heterocycles. The van der Waals surface area contributed by atoms with E-state index in [1.807, 2.05) is 0 Å². The summed E-state index contributed by atoms with van der Waals surface area (Å²) < 4.78 is 0. The number of amides is 3. The third-order valence-corrected chi connectivity index (χ3v) is 2.46. The van der Waals surface area contributed by atoms with Crippen LogP contribution in [0.25, 0.3) is 0 Å². The van der Waals surface area contributed by atoms with E-state index in [0.29, 0.717) is 6.54 Å². The third-order valence-electron chi connectivity index (χ3n) is 2.46. The number of nitrogens with zero attached hydrogens (tertiary/aromatic N) is 1. The van der Waals surface area contributed by atoms with Crippen molar-refractivity contribution in [1.82, 2.24) is 15.5 Å². The van der Waals surface area contributed by atoms with Gasteiger partial charge in [0.2, 0.25) is 5.91 Å². The normalized spacial score (nSPS) is 13.3. The minimum absolute atomic E-state index is 0.156. The molecule has 1 unspecified atom stereocenters. The van der Waals surface area contributed by atoms with Gasteiger partial charge in [0, 0.05) is 20.1 Å². The highest BCUT2D eigenvalue weighted by Crippen LogP contribution is 2.06. The van der Waals surface area contributed by atoms with E-state index in [2.05, 4.69) is 10.6 Å². The number of hydrogen-bond donors (Lipinski definition) is 4. The summed E-state index contributed by atoms with van der Waals surface area (Å²) >= 11 is 0. The molecule has 0 radical (unpaired) electrons. The third kappa shape index (κ3) is 7.98. The van der Waals surface area contributed by atoms with Gasteiger partial charge in [0.05, 0.1) is 18.6 Å². The van der Waals surface area contributed by atoms with Crippen LogP contribution in [-0.2, 0) is 9.59 Å². The van der Waals surface area contributed by atoms with Gasteiger partial charge in [-0.3, -0.25) is 9.59 Å². The number of rotatable bonds is 7. The molecule has 0 bridgehead atoms. The number of likely N-dealkylation sites (N-methyl/N-ethyl adjacent to an activating group) is 1. The molecule has 1 atom stereocenters.